The van der Waals surface area contributed by atoms with Crippen LogP contribution >= 0.6 is 12.4 Å². The van der Waals surface area contributed by atoms with Crippen molar-refractivity contribution in [2.24, 2.45) is 0 Å². The highest BCUT2D eigenvalue weighted by atomic mass is 35.5. The molecule has 0 spiro atoms. The van der Waals surface area contributed by atoms with Gasteiger partial charge in [-0.05, 0) is 30.3 Å². The number of nitrogens with zero attached hydrogens (tertiary/aromatic N) is 2. The van der Waals surface area contributed by atoms with Gasteiger partial charge in [0.2, 0.25) is 0 Å². The number of hydrogen-bond acceptors (Lipinski definition) is 2. The van der Waals surface area contributed by atoms with Crippen LogP contribution in [0.15, 0.2) is 42.7 Å². The van der Waals surface area contributed by atoms with Crippen LogP contribution in [0.5, 0.6) is 5.75 Å². The minimum atomic E-state index is 0. The van der Waals surface area contributed by atoms with Gasteiger partial charge in [-0.1, -0.05) is 0 Å². The van der Waals surface area contributed by atoms with Gasteiger partial charge in [0.1, 0.15) is 5.75 Å². The van der Waals surface area contributed by atoms with Crippen LogP contribution in [-0.4, -0.2) is 14.9 Å². The molecular weight excluding hydrogens is 188 g/mol. The molecule has 0 saturated carbocycles. The third-order valence-electron chi connectivity index (χ3n) is 1.62. The fourth-order valence-electron chi connectivity index (χ4n) is 1.03. The van der Waals surface area contributed by atoms with Crippen molar-refractivity contribution in [3.8, 4) is 11.4 Å². The molecule has 13 heavy (non-hydrogen) atoms. The van der Waals surface area contributed by atoms with Crippen molar-refractivity contribution in [1.29, 1.82) is 0 Å². The largest absolute Gasteiger partial charge is 0.508 e. The summed E-state index contributed by atoms with van der Waals surface area (Å²) in [5.74, 6) is 0.269. The van der Waals surface area contributed by atoms with E-state index >= 15 is 0 Å². The predicted octanol–water partition coefficient (Wildman–Crippen LogP) is 2.00. The molecule has 4 heteroatoms. The van der Waals surface area contributed by atoms with Gasteiger partial charge >= 0.3 is 0 Å². The summed E-state index contributed by atoms with van der Waals surface area (Å²) >= 11 is 0. The molecule has 0 bridgehead atoms. The number of rotatable bonds is 1. The van der Waals surface area contributed by atoms with Crippen LogP contribution in [0.25, 0.3) is 5.69 Å². The first-order valence-corrected chi connectivity index (χ1v) is 3.65. The molecule has 1 N–H and O–H groups in total. The average molecular weight is 197 g/mol. The van der Waals surface area contributed by atoms with E-state index in [1.165, 1.54) is 0 Å². The Morgan fingerprint density at radius 3 is 2.38 bits per heavy atom. The Bertz CT molecular complexity index is 356. The second kappa shape index (κ2) is 3.96. The van der Waals surface area contributed by atoms with Gasteiger partial charge in [-0.25, -0.2) is 4.68 Å². The zero-order valence-electron chi connectivity index (χ0n) is 6.79. The van der Waals surface area contributed by atoms with Crippen molar-refractivity contribution < 1.29 is 5.11 Å². The highest BCUT2D eigenvalue weighted by Crippen LogP contribution is 2.12. The van der Waals surface area contributed by atoms with Gasteiger partial charge in [0, 0.05) is 12.4 Å². The first kappa shape index (κ1) is 9.61. The van der Waals surface area contributed by atoms with Gasteiger partial charge in [0.15, 0.2) is 0 Å². The van der Waals surface area contributed by atoms with Crippen molar-refractivity contribution >= 4 is 12.4 Å². The minimum Gasteiger partial charge on any atom is -0.508 e. The molecule has 0 aliphatic rings. The van der Waals surface area contributed by atoms with Crippen molar-refractivity contribution in [1.82, 2.24) is 9.78 Å². The van der Waals surface area contributed by atoms with E-state index < -0.39 is 0 Å². The summed E-state index contributed by atoms with van der Waals surface area (Å²) in [5.41, 5.74) is 0.942. The Balaban J connectivity index is 0.000000845. The minimum absolute atomic E-state index is 0. The van der Waals surface area contributed by atoms with Crippen LogP contribution in [0.2, 0.25) is 0 Å². The van der Waals surface area contributed by atoms with Crippen molar-refractivity contribution in [3.05, 3.63) is 42.7 Å². The first-order valence-electron chi connectivity index (χ1n) is 3.65. The van der Waals surface area contributed by atoms with E-state index in [2.05, 4.69) is 5.10 Å². The first-order chi connectivity index (χ1) is 5.86. The summed E-state index contributed by atoms with van der Waals surface area (Å²) in [6, 6.07) is 8.74. The van der Waals surface area contributed by atoms with E-state index in [1.807, 2.05) is 24.4 Å². The molecular formula is C9H9ClN2O. The number of phenolic OH excluding ortho intramolecular Hbond substituents is 1. The van der Waals surface area contributed by atoms with Crippen molar-refractivity contribution in [2.45, 2.75) is 0 Å². The third-order valence-corrected chi connectivity index (χ3v) is 1.62. The summed E-state index contributed by atoms with van der Waals surface area (Å²) in [5, 5.41) is 13.1. The van der Waals surface area contributed by atoms with Crippen molar-refractivity contribution in [2.75, 3.05) is 0 Å². The normalized spacial score (nSPS) is 9.23. The third kappa shape index (κ3) is 2.00. The fourth-order valence-corrected chi connectivity index (χ4v) is 1.03. The standard InChI is InChI=1S/C9H8N2O.ClH/c12-9-4-2-8(3-5-9)11-7-1-6-10-11;/h1-7,12H;1H. The van der Waals surface area contributed by atoms with Crippen LogP contribution in [0, 0.1) is 0 Å². The van der Waals surface area contributed by atoms with Crippen molar-refractivity contribution in [3.63, 3.8) is 0 Å². The van der Waals surface area contributed by atoms with Gasteiger partial charge in [0.05, 0.1) is 5.69 Å². The molecule has 0 atom stereocenters. The highest BCUT2D eigenvalue weighted by Gasteiger charge is 1.93. The molecule has 0 aliphatic carbocycles. The molecule has 0 aliphatic heterocycles. The predicted molar refractivity (Wildman–Crippen MR) is 52.5 cm³/mol. The molecule has 0 radical (unpaired) electrons. The number of phenols is 1. The van der Waals surface area contributed by atoms with Crippen LogP contribution in [0.1, 0.15) is 0 Å². The second-order valence-corrected chi connectivity index (χ2v) is 2.47. The maximum Gasteiger partial charge on any atom is 0.115 e. The summed E-state index contributed by atoms with van der Waals surface area (Å²) in [6.07, 6.45) is 3.57. The van der Waals surface area contributed by atoms with E-state index in [-0.39, 0.29) is 18.2 Å². The van der Waals surface area contributed by atoms with Gasteiger partial charge < -0.3 is 5.11 Å². The average Bonchev–Trinajstić information content (AvgIpc) is 2.58. The smallest absolute Gasteiger partial charge is 0.115 e. The van der Waals surface area contributed by atoms with Gasteiger partial charge in [-0.3, -0.25) is 0 Å². The maximum absolute atomic E-state index is 9.02. The Kier molecular flexibility index (Phi) is 2.93. The molecule has 0 saturated heterocycles. The van der Waals surface area contributed by atoms with Crippen LogP contribution in [-0.2, 0) is 0 Å². The SMILES string of the molecule is Cl.Oc1ccc(-n2cccn2)cc1. The molecule has 1 aromatic carbocycles. The van der Waals surface area contributed by atoms with Crippen LogP contribution in [0.4, 0.5) is 0 Å². The number of hydrogen-bond donors (Lipinski definition) is 1. The molecule has 68 valence electrons. The number of aromatic nitrogens is 2. The van der Waals surface area contributed by atoms with E-state index in [4.69, 9.17) is 5.11 Å². The van der Waals surface area contributed by atoms with Crippen LogP contribution in [0.3, 0.4) is 0 Å². The van der Waals surface area contributed by atoms with E-state index in [0.29, 0.717) is 0 Å². The lowest BCUT2D eigenvalue weighted by Crippen LogP contribution is -1.92. The number of halogens is 1. The quantitative estimate of drug-likeness (QED) is 0.758. The Morgan fingerprint density at radius 2 is 1.85 bits per heavy atom. The maximum atomic E-state index is 9.02. The lowest BCUT2D eigenvalue weighted by molar-refractivity contribution is 0.475. The van der Waals surface area contributed by atoms with Gasteiger partial charge in [-0.2, -0.15) is 5.10 Å². The molecule has 0 unspecified atom stereocenters. The zero-order valence-corrected chi connectivity index (χ0v) is 7.61. The molecule has 1 heterocycles. The summed E-state index contributed by atoms with van der Waals surface area (Å²) in [7, 11) is 0. The Morgan fingerprint density at radius 1 is 1.15 bits per heavy atom. The summed E-state index contributed by atoms with van der Waals surface area (Å²) < 4.78 is 1.74. The molecule has 2 rings (SSSR count). The molecule has 0 amide bonds. The molecule has 3 nitrogen and oxygen atoms in total. The lowest BCUT2D eigenvalue weighted by atomic mass is 10.3. The second-order valence-electron chi connectivity index (χ2n) is 2.47. The summed E-state index contributed by atoms with van der Waals surface area (Å²) in [4.78, 5) is 0. The fraction of sp³-hybridized carbons (Fsp3) is 0. The molecule has 2 aromatic rings. The topological polar surface area (TPSA) is 38.0 Å². The monoisotopic (exact) mass is 196 g/mol. The number of aromatic hydroxyl groups is 1. The van der Waals surface area contributed by atoms with E-state index in [1.54, 1.807) is 23.0 Å². The summed E-state index contributed by atoms with van der Waals surface area (Å²) in [6.45, 7) is 0. The Hall–Kier alpha value is -1.48. The highest BCUT2D eigenvalue weighted by molar-refractivity contribution is 5.85. The molecule has 0 fully saturated rings. The lowest BCUT2D eigenvalue weighted by Gasteiger charge is -1.99. The van der Waals surface area contributed by atoms with Gasteiger partial charge in [-0.15, -0.1) is 12.4 Å². The zero-order chi connectivity index (χ0) is 8.39. The van der Waals surface area contributed by atoms with E-state index in [9.17, 15) is 0 Å². The van der Waals surface area contributed by atoms with E-state index in [0.717, 1.165) is 5.69 Å². The van der Waals surface area contributed by atoms with Gasteiger partial charge in [0.25, 0.3) is 0 Å². The Labute approximate surface area is 82.0 Å². The van der Waals surface area contributed by atoms with Crippen LogP contribution < -0.4 is 0 Å². The molecule has 1 aromatic heterocycles. The number of benzene rings is 1.